The predicted molar refractivity (Wildman–Crippen MR) is 133 cm³/mol. The number of phosphoric ester groups is 1. The molecule has 0 fully saturated rings. The molecule has 0 aliphatic carbocycles. The number of azo groups is 1. The molecule has 0 amide bonds. The normalized spacial score (nSPS) is 13.7. The number of benzene rings is 3. The maximum absolute atomic E-state index is 11.4. The third-order valence-electron chi connectivity index (χ3n) is 4.88. The molecule has 1 atom stereocenters. The van der Waals surface area contributed by atoms with E-state index in [9.17, 15) is 24.1 Å². The van der Waals surface area contributed by atoms with Crippen LogP contribution in [0.1, 0.15) is 0 Å². The zero-order valence-corrected chi connectivity index (χ0v) is 20.9. The van der Waals surface area contributed by atoms with Gasteiger partial charge in [-0.25, -0.2) is 4.57 Å². The molecule has 192 valence electrons. The number of rotatable bonds is 12. The number of anilines is 1. The average Bonchev–Trinajstić information content (AvgIpc) is 2.80. The summed E-state index contributed by atoms with van der Waals surface area (Å²) in [5.41, 5.74) is 1.54. The minimum atomic E-state index is -4.65. The van der Waals surface area contributed by atoms with Crippen molar-refractivity contribution in [3.05, 3.63) is 70.8 Å². The minimum absolute atomic E-state index is 0.0265. The number of phosphoric acid groups is 1. The van der Waals surface area contributed by atoms with E-state index in [1.54, 1.807) is 53.4 Å². The lowest BCUT2D eigenvalue weighted by Crippen LogP contribution is -2.30. The second-order valence-corrected chi connectivity index (χ2v) is 10.7. The fourth-order valence-corrected chi connectivity index (χ4v) is 4.06. The van der Waals surface area contributed by atoms with Gasteiger partial charge in [0.25, 0.3) is 5.69 Å². The fourth-order valence-electron chi connectivity index (χ4n) is 3.32. The van der Waals surface area contributed by atoms with Crippen molar-refractivity contribution in [2.75, 3.05) is 37.9 Å². The van der Waals surface area contributed by atoms with Crippen LogP contribution < -0.4 is 4.90 Å². The summed E-state index contributed by atoms with van der Waals surface area (Å²) < 4.78 is 31.7. The maximum atomic E-state index is 11.4. The van der Waals surface area contributed by atoms with Gasteiger partial charge in [-0.05, 0) is 36.4 Å². The first-order valence-corrected chi connectivity index (χ1v) is 14.1. The molecule has 0 aromatic heterocycles. The van der Waals surface area contributed by atoms with Gasteiger partial charge < -0.3 is 24.1 Å². The summed E-state index contributed by atoms with van der Waals surface area (Å²) in [5.74, 6) is 0. The largest absolute Gasteiger partial charge is 0.469 e. The molecule has 3 aromatic rings. The van der Waals surface area contributed by atoms with E-state index in [0.717, 1.165) is 6.66 Å². The fraction of sp³-hybridized carbons (Fsp3) is 0.238. The molecule has 36 heavy (non-hydrogen) atoms. The number of nitro benzene ring substituents is 1. The lowest BCUT2D eigenvalue weighted by atomic mass is 10.1. The predicted octanol–water partition coefficient (Wildman–Crippen LogP) is 4.91. The van der Waals surface area contributed by atoms with Crippen LogP contribution in [0.25, 0.3) is 10.8 Å². The van der Waals surface area contributed by atoms with Gasteiger partial charge in [0.1, 0.15) is 0 Å². The highest BCUT2D eigenvalue weighted by Gasteiger charge is 2.17. The average molecular weight is 538 g/mol. The molecule has 0 bridgehead atoms. The lowest BCUT2D eigenvalue weighted by Gasteiger charge is -2.25. The molecule has 0 spiro atoms. The Bertz CT molecular complexity index is 1310. The lowest BCUT2D eigenvalue weighted by molar-refractivity contribution is -0.383. The summed E-state index contributed by atoms with van der Waals surface area (Å²) in [6.45, 7) is 0.890. The van der Waals surface area contributed by atoms with Gasteiger partial charge in [-0.15, -0.1) is 5.11 Å². The molecule has 0 saturated heterocycles. The van der Waals surface area contributed by atoms with Crippen molar-refractivity contribution >= 4 is 48.9 Å². The topological polar surface area (TPSA) is 184 Å². The Morgan fingerprint density at radius 3 is 2.08 bits per heavy atom. The van der Waals surface area contributed by atoms with Gasteiger partial charge in [-0.3, -0.25) is 19.2 Å². The summed E-state index contributed by atoms with van der Waals surface area (Å²) in [6, 6.07) is 16.4. The van der Waals surface area contributed by atoms with Crippen LogP contribution >= 0.6 is 15.4 Å². The summed E-state index contributed by atoms with van der Waals surface area (Å²) in [7, 11) is -8.33. The first-order valence-electron chi connectivity index (χ1n) is 10.5. The van der Waals surface area contributed by atoms with E-state index in [-0.39, 0.29) is 32.0 Å². The minimum Gasteiger partial charge on any atom is -0.367 e. The van der Waals surface area contributed by atoms with Crippen LogP contribution in [0.4, 0.5) is 22.7 Å². The highest BCUT2D eigenvalue weighted by Crippen LogP contribution is 2.37. The van der Waals surface area contributed by atoms with E-state index in [2.05, 4.69) is 14.8 Å². The van der Waals surface area contributed by atoms with Crippen LogP contribution in [0.2, 0.25) is 0 Å². The van der Waals surface area contributed by atoms with Crippen LogP contribution in [-0.4, -0.2) is 52.6 Å². The van der Waals surface area contributed by atoms with Crippen molar-refractivity contribution in [2.45, 2.75) is 0 Å². The summed E-state index contributed by atoms with van der Waals surface area (Å²) in [5, 5.41) is 20.8. The number of hydrogen-bond acceptors (Lipinski definition) is 9. The smallest absolute Gasteiger partial charge is 0.367 e. The van der Waals surface area contributed by atoms with Crippen molar-refractivity contribution < 1.29 is 37.8 Å². The first-order chi connectivity index (χ1) is 16.9. The second kappa shape index (κ2) is 11.8. The third kappa shape index (κ3) is 8.28. The van der Waals surface area contributed by atoms with Crippen LogP contribution in [0.3, 0.4) is 0 Å². The molecule has 3 N–H and O–H groups in total. The Morgan fingerprint density at radius 1 is 0.889 bits per heavy atom. The van der Waals surface area contributed by atoms with E-state index in [1.165, 1.54) is 12.1 Å². The van der Waals surface area contributed by atoms with Crippen LogP contribution in [0, 0.1) is 10.1 Å². The van der Waals surface area contributed by atoms with E-state index in [0.29, 0.717) is 27.8 Å². The molecule has 1 unspecified atom stereocenters. The maximum Gasteiger partial charge on any atom is 0.469 e. The van der Waals surface area contributed by atoms with Gasteiger partial charge in [0.15, 0.2) is 0 Å². The Balaban J connectivity index is 1.77. The summed E-state index contributed by atoms with van der Waals surface area (Å²) in [6.07, 6.45) is 0. The van der Waals surface area contributed by atoms with Crippen molar-refractivity contribution in [3.8, 4) is 0 Å². The van der Waals surface area contributed by atoms with Crippen molar-refractivity contribution in [3.63, 3.8) is 0 Å². The van der Waals surface area contributed by atoms with Gasteiger partial charge in [0.2, 0.25) is 0 Å². The molecule has 3 rings (SSSR count). The number of nitro groups is 1. The van der Waals surface area contributed by atoms with Crippen molar-refractivity contribution in [2.24, 2.45) is 10.2 Å². The van der Waals surface area contributed by atoms with Crippen LogP contribution in [0.5, 0.6) is 0 Å². The molecule has 15 heteroatoms. The van der Waals surface area contributed by atoms with Crippen LogP contribution in [0.15, 0.2) is 70.9 Å². The standard InChI is InChI=1S/C21H24N4O9P2/c1-35(28,29)33-14-12-24(13-15-34-36(30,31)32)17-8-6-16(7-9-17)22-23-20-10-11-21(25(26)27)19-5-3-2-4-18(19)20/h2-11H,12-15H2,1H3,(H,28,29)(H2,30,31,32). The highest BCUT2D eigenvalue weighted by atomic mass is 31.2. The van der Waals surface area contributed by atoms with Gasteiger partial charge >= 0.3 is 15.4 Å². The number of hydrogen-bond donors (Lipinski definition) is 3. The Labute approximate surface area is 205 Å². The number of fused-ring (bicyclic) bond motifs is 1. The molecule has 0 radical (unpaired) electrons. The molecule has 3 aromatic carbocycles. The molecular formula is C21H24N4O9P2. The van der Waals surface area contributed by atoms with Crippen molar-refractivity contribution in [1.82, 2.24) is 0 Å². The first kappa shape index (κ1) is 27.6. The van der Waals surface area contributed by atoms with E-state index in [1.807, 2.05) is 0 Å². The van der Waals surface area contributed by atoms with Gasteiger partial charge in [0, 0.05) is 36.9 Å². The molecule has 0 saturated carbocycles. The molecule has 0 aliphatic heterocycles. The number of non-ortho nitro benzene ring substituents is 1. The van der Waals surface area contributed by atoms with Gasteiger partial charge in [0.05, 0.1) is 34.9 Å². The Morgan fingerprint density at radius 2 is 1.50 bits per heavy atom. The molecule has 13 nitrogen and oxygen atoms in total. The third-order valence-corrected chi connectivity index (χ3v) is 6.06. The molecular weight excluding hydrogens is 514 g/mol. The summed E-state index contributed by atoms with van der Waals surface area (Å²) in [4.78, 5) is 39.6. The van der Waals surface area contributed by atoms with E-state index < -0.39 is 20.3 Å². The zero-order valence-electron chi connectivity index (χ0n) is 19.1. The Hall–Kier alpha value is -3.02. The van der Waals surface area contributed by atoms with Crippen LogP contribution in [-0.2, 0) is 18.2 Å². The SMILES string of the molecule is CP(=O)(O)OCCN(CCOP(=O)(O)O)c1ccc(N=Nc2ccc([N+](=O)[O-])c3ccccc23)cc1. The quantitative estimate of drug-likeness (QED) is 0.124. The van der Waals surface area contributed by atoms with Gasteiger partial charge in [-0.2, -0.15) is 5.11 Å². The molecule has 0 heterocycles. The summed E-state index contributed by atoms with van der Waals surface area (Å²) >= 11 is 0. The van der Waals surface area contributed by atoms with Gasteiger partial charge in [-0.1, -0.05) is 18.2 Å². The monoisotopic (exact) mass is 538 g/mol. The zero-order chi connectivity index (χ0) is 26.3. The highest BCUT2D eigenvalue weighted by molar-refractivity contribution is 7.51. The molecule has 0 aliphatic rings. The van der Waals surface area contributed by atoms with E-state index in [4.69, 9.17) is 14.3 Å². The number of nitrogens with zero attached hydrogens (tertiary/aromatic N) is 4. The van der Waals surface area contributed by atoms with Crippen molar-refractivity contribution in [1.29, 1.82) is 0 Å². The van der Waals surface area contributed by atoms with E-state index >= 15 is 0 Å². The Kier molecular flexibility index (Phi) is 9.04. The second-order valence-electron chi connectivity index (χ2n) is 7.57.